The summed E-state index contributed by atoms with van der Waals surface area (Å²) >= 11 is 1.73. The van der Waals surface area contributed by atoms with Crippen LogP contribution in [0.25, 0.3) is 0 Å². The van der Waals surface area contributed by atoms with Crippen molar-refractivity contribution in [3.63, 3.8) is 0 Å². The monoisotopic (exact) mass is 241 g/mol. The summed E-state index contributed by atoms with van der Waals surface area (Å²) in [5.41, 5.74) is 6.87. The zero-order valence-electron chi connectivity index (χ0n) is 10.2. The van der Waals surface area contributed by atoms with Crippen molar-refractivity contribution in [1.82, 2.24) is 0 Å². The molecule has 1 aromatic rings. The summed E-state index contributed by atoms with van der Waals surface area (Å²) in [6, 6.07) is 3.89. The maximum absolute atomic E-state index is 5.90. The van der Waals surface area contributed by atoms with Crippen molar-refractivity contribution in [3.8, 4) is 11.5 Å². The lowest BCUT2D eigenvalue weighted by atomic mass is 10.1. The number of ether oxygens (including phenoxy) is 2. The van der Waals surface area contributed by atoms with Crippen LogP contribution in [0.1, 0.15) is 25.5 Å². The lowest BCUT2D eigenvalue weighted by Gasteiger charge is -2.16. The Morgan fingerprint density at radius 1 is 1.25 bits per heavy atom. The first kappa shape index (κ1) is 13.2. The summed E-state index contributed by atoms with van der Waals surface area (Å²) in [4.78, 5) is 1.09. The molecule has 0 heterocycles. The maximum atomic E-state index is 5.90. The number of methoxy groups -OCH3 is 2. The Bertz CT molecular complexity index is 353. The molecule has 0 saturated carbocycles. The molecule has 0 amide bonds. The third-order valence-corrected chi connectivity index (χ3v) is 3.23. The Labute approximate surface area is 101 Å². The van der Waals surface area contributed by atoms with Crippen LogP contribution in [-0.4, -0.2) is 20.0 Å². The minimum Gasteiger partial charge on any atom is -0.496 e. The van der Waals surface area contributed by atoms with Crippen molar-refractivity contribution < 1.29 is 9.47 Å². The molecule has 0 unspecified atom stereocenters. The van der Waals surface area contributed by atoms with Gasteiger partial charge in [0.05, 0.1) is 19.1 Å². The second-order valence-corrected chi connectivity index (χ2v) is 4.77. The molecule has 90 valence electrons. The molecule has 0 aliphatic rings. The predicted octanol–water partition coefficient (Wildman–Crippen LogP) is 2.84. The van der Waals surface area contributed by atoms with Crippen molar-refractivity contribution in [2.45, 2.75) is 24.8 Å². The molecular formula is C12H19NO2S. The lowest BCUT2D eigenvalue weighted by Crippen LogP contribution is -2.07. The third kappa shape index (κ3) is 2.83. The van der Waals surface area contributed by atoms with Gasteiger partial charge in [-0.3, -0.25) is 0 Å². The molecule has 1 rings (SSSR count). The van der Waals surface area contributed by atoms with Crippen molar-refractivity contribution in [2.24, 2.45) is 5.73 Å². The molecule has 0 spiro atoms. The lowest BCUT2D eigenvalue weighted by molar-refractivity contribution is 0.388. The van der Waals surface area contributed by atoms with Gasteiger partial charge in [0, 0.05) is 11.6 Å². The Kier molecular flexibility index (Phi) is 4.96. The van der Waals surface area contributed by atoms with Crippen LogP contribution in [0, 0.1) is 0 Å². The van der Waals surface area contributed by atoms with E-state index in [9.17, 15) is 0 Å². The number of rotatable bonds is 5. The van der Waals surface area contributed by atoms with E-state index in [1.807, 2.05) is 19.1 Å². The highest BCUT2D eigenvalue weighted by atomic mass is 32.2. The van der Waals surface area contributed by atoms with Crippen LogP contribution in [0.4, 0.5) is 0 Å². The Morgan fingerprint density at radius 2 is 1.88 bits per heavy atom. The third-order valence-electron chi connectivity index (χ3n) is 2.31. The van der Waals surface area contributed by atoms with E-state index in [0.717, 1.165) is 27.7 Å². The molecule has 4 heteroatoms. The quantitative estimate of drug-likeness (QED) is 0.805. The summed E-state index contributed by atoms with van der Waals surface area (Å²) in [6.07, 6.45) is 0. The fraction of sp³-hybridized carbons (Fsp3) is 0.500. The standard InChI is InChI=1S/C12H19NO2S/c1-5-16-12-7-10(14-3)9(8(2)13)6-11(12)15-4/h6-8H,5,13H2,1-4H3/t8-/m0/s1. The number of hydrogen-bond donors (Lipinski definition) is 1. The van der Waals surface area contributed by atoms with Gasteiger partial charge in [0.2, 0.25) is 0 Å². The van der Waals surface area contributed by atoms with Crippen LogP contribution in [0.15, 0.2) is 17.0 Å². The minimum absolute atomic E-state index is 0.0653. The van der Waals surface area contributed by atoms with Crippen LogP contribution in [0.2, 0.25) is 0 Å². The van der Waals surface area contributed by atoms with E-state index in [1.54, 1.807) is 26.0 Å². The van der Waals surface area contributed by atoms with Crippen LogP contribution < -0.4 is 15.2 Å². The molecule has 16 heavy (non-hydrogen) atoms. The molecule has 1 aromatic carbocycles. The molecule has 2 N–H and O–H groups in total. The van der Waals surface area contributed by atoms with Gasteiger partial charge in [-0.05, 0) is 24.8 Å². The highest BCUT2D eigenvalue weighted by Crippen LogP contribution is 2.37. The number of thioether (sulfide) groups is 1. The van der Waals surface area contributed by atoms with Gasteiger partial charge in [-0.25, -0.2) is 0 Å². The molecule has 3 nitrogen and oxygen atoms in total. The van der Waals surface area contributed by atoms with Gasteiger partial charge in [-0.1, -0.05) is 6.92 Å². The van der Waals surface area contributed by atoms with E-state index in [0.29, 0.717) is 0 Å². The van der Waals surface area contributed by atoms with Crippen LogP contribution in [-0.2, 0) is 0 Å². The van der Waals surface area contributed by atoms with Gasteiger partial charge < -0.3 is 15.2 Å². The van der Waals surface area contributed by atoms with Gasteiger partial charge in [-0.2, -0.15) is 0 Å². The largest absolute Gasteiger partial charge is 0.496 e. The fourth-order valence-corrected chi connectivity index (χ4v) is 2.30. The van der Waals surface area contributed by atoms with Gasteiger partial charge in [0.15, 0.2) is 0 Å². The van der Waals surface area contributed by atoms with E-state index in [2.05, 4.69) is 6.92 Å². The number of nitrogens with two attached hydrogens (primary N) is 1. The summed E-state index contributed by atoms with van der Waals surface area (Å²) in [5.74, 6) is 2.68. The summed E-state index contributed by atoms with van der Waals surface area (Å²) < 4.78 is 10.7. The molecule has 0 radical (unpaired) electrons. The average molecular weight is 241 g/mol. The Balaban J connectivity index is 3.22. The van der Waals surface area contributed by atoms with Gasteiger partial charge >= 0.3 is 0 Å². The van der Waals surface area contributed by atoms with Gasteiger partial charge in [-0.15, -0.1) is 11.8 Å². The number of hydrogen-bond acceptors (Lipinski definition) is 4. The molecule has 0 saturated heterocycles. The zero-order chi connectivity index (χ0) is 12.1. The van der Waals surface area contributed by atoms with Crippen LogP contribution in [0.3, 0.4) is 0 Å². The molecule has 1 atom stereocenters. The van der Waals surface area contributed by atoms with Crippen molar-refractivity contribution in [2.75, 3.05) is 20.0 Å². The van der Waals surface area contributed by atoms with Crippen molar-refractivity contribution in [3.05, 3.63) is 17.7 Å². The average Bonchev–Trinajstić information content (AvgIpc) is 2.28. The molecule has 0 fully saturated rings. The SMILES string of the molecule is CCSc1cc(OC)c([C@H](C)N)cc1OC. The van der Waals surface area contributed by atoms with Gasteiger partial charge in [0.1, 0.15) is 11.5 Å². The van der Waals surface area contributed by atoms with E-state index in [4.69, 9.17) is 15.2 Å². The second kappa shape index (κ2) is 6.01. The zero-order valence-corrected chi connectivity index (χ0v) is 11.1. The highest BCUT2D eigenvalue weighted by molar-refractivity contribution is 7.99. The van der Waals surface area contributed by atoms with E-state index < -0.39 is 0 Å². The van der Waals surface area contributed by atoms with E-state index in [1.165, 1.54) is 0 Å². The van der Waals surface area contributed by atoms with E-state index >= 15 is 0 Å². The minimum atomic E-state index is -0.0653. The Hall–Kier alpha value is -0.870. The van der Waals surface area contributed by atoms with Gasteiger partial charge in [0.25, 0.3) is 0 Å². The first-order valence-corrected chi connectivity index (χ1v) is 6.26. The predicted molar refractivity (Wildman–Crippen MR) is 68.5 cm³/mol. The molecule has 0 bridgehead atoms. The first-order valence-electron chi connectivity index (χ1n) is 5.28. The van der Waals surface area contributed by atoms with Crippen molar-refractivity contribution in [1.29, 1.82) is 0 Å². The first-order chi connectivity index (χ1) is 7.63. The fourth-order valence-electron chi connectivity index (χ4n) is 1.52. The molecule has 0 aromatic heterocycles. The molecule has 0 aliphatic heterocycles. The summed E-state index contributed by atoms with van der Waals surface area (Å²) in [5, 5.41) is 0. The summed E-state index contributed by atoms with van der Waals surface area (Å²) in [6.45, 7) is 4.04. The maximum Gasteiger partial charge on any atom is 0.133 e. The summed E-state index contributed by atoms with van der Waals surface area (Å²) in [7, 11) is 3.33. The topological polar surface area (TPSA) is 44.5 Å². The van der Waals surface area contributed by atoms with Crippen LogP contribution >= 0.6 is 11.8 Å². The second-order valence-electron chi connectivity index (χ2n) is 3.47. The number of benzene rings is 1. The smallest absolute Gasteiger partial charge is 0.133 e. The normalized spacial score (nSPS) is 12.3. The highest BCUT2D eigenvalue weighted by Gasteiger charge is 2.13. The van der Waals surface area contributed by atoms with Crippen LogP contribution in [0.5, 0.6) is 11.5 Å². The van der Waals surface area contributed by atoms with E-state index in [-0.39, 0.29) is 6.04 Å². The molecule has 0 aliphatic carbocycles. The molecular weight excluding hydrogens is 222 g/mol. The Morgan fingerprint density at radius 3 is 2.31 bits per heavy atom. The van der Waals surface area contributed by atoms with Crippen molar-refractivity contribution >= 4 is 11.8 Å².